The molecule has 0 saturated carbocycles. The van der Waals surface area contributed by atoms with E-state index in [9.17, 15) is 18.8 Å². The molecule has 0 radical (unpaired) electrons. The molecule has 2 N–H and O–H groups in total. The van der Waals surface area contributed by atoms with Crippen LogP contribution in [0.1, 0.15) is 28.6 Å². The summed E-state index contributed by atoms with van der Waals surface area (Å²) in [4.78, 5) is 35.8. The number of esters is 1. The second-order valence-electron chi connectivity index (χ2n) is 5.54. The van der Waals surface area contributed by atoms with Crippen LogP contribution < -0.4 is 5.32 Å². The van der Waals surface area contributed by atoms with E-state index in [-0.39, 0.29) is 17.2 Å². The Hall–Kier alpha value is -3.00. The van der Waals surface area contributed by atoms with E-state index >= 15 is 0 Å². The third kappa shape index (κ3) is 5.24. The standard InChI is InChI=1S/C19H18FNO5S/c1-3-10-26-19(25)17-16(12-4-6-13(20)7-5-12)11(2)27-18(17)21-14(22)8-9-15(23)24/h4-9H,3,10H2,1-2H3,(H,21,22)(H,23,24)/b9-8-. The summed E-state index contributed by atoms with van der Waals surface area (Å²) in [5.41, 5.74) is 1.31. The van der Waals surface area contributed by atoms with Crippen LogP contribution in [0.3, 0.4) is 0 Å². The monoisotopic (exact) mass is 391 g/mol. The van der Waals surface area contributed by atoms with Gasteiger partial charge in [0.25, 0.3) is 0 Å². The summed E-state index contributed by atoms with van der Waals surface area (Å²) in [5, 5.41) is 11.4. The van der Waals surface area contributed by atoms with Crippen LogP contribution in [0.2, 0.25) is 0 Å². The first-order chi connectivity index (χ1) is 12.8. The Morgan fingerprint density at radius 1 is 1.22 bits per heavy atom. The zero-order valence-corrected chi connectivity index (χ0v) is 15.6. The molecule has 0 spiro atoms. The molecule has 1 aromatic heterocycles. The lowest BCUT2D eigenvalue weighted by Crippen LogP contribution is -2.13. The van der Waals surface area contributed by atoms with E-state index in [1.807, 2.05) is 6.92 Å². The zero-order valence-electron chi connectivity index (χ0n) is 14.7. The Morgan fingerprint density at radius 3 is 2.48 bits per heavy atom. The predicted octanol–water partition coefficient (Wildman–Crippen LogP) is 4.01. The number of nitrogens with one attached hydrogen (secondary N) is 1. The number of aryl methyl sites for hydroxylation is 1. The van der Waals surface area contributed by atoms with Gasteiger partial charge in [-0.05, 0) is 31.0 Å². The Bertz CT molecular complexity index is 886. The Labute approximate surface area is 159 Å². The van der Waals surface area contributed by atoms with Crippen molar-refractivity contribution < 1.29 is 28.6 Å². The molecule has 27 heavy (non-hydrogen) atoms. The van der Waals surface area contributed by atoms with Crippen LogP contribution >= 0.6 is 11.3 Å². The van der Waals surface area contributed by atoms with Crippen molar-refractivity contribution in [1.82, 2.24) is 0 Å². The Balaban J connectivity index is 2.48. The number of thiophene rings is 1. The first kappa shape index (κ1) is 20.3. The van der Waals surface area contributed by atoms with Gasteiger partial charge in [-0.3, -0.25) is 4.79 Å². The van der Waals surface area contributed by atoms with Gasteiger partial charge in [-0.25, -0.2) is 14.0 Å². The van der Waals surface area contributed by atoms with Crippen molar-refractivity contribution >= 4 is 34.2 Å². The maximum absolute atomic E-state index is 13.3. The molecule has 0 aliphatic carbocycles. The molecule has 8 heteroatoms. The topological polar surface area (TPSA) is 92.7 Å². The van der Waals surface area contributed by atoms with Gasteiger partial charge in [0, 0.05) is 22.6 Å². The van der Waals surface area contributed by atoms with Gasteiger partial charge in [0.05, 0.1) is 6.61 Å². The molecular weight excluding hydrogens is 373 g/mol. The van der Waals surface area contributed by atoms with Gasteiger partial charge in [0.2, 0.25) is 5.91 Å². The lowest BCUT2D eigenvalue weighted by Gasteiger charge is -2.09. The molecule has 1 amide bonds. The number of carbonyl (C=O) groups is 3. The van der Waals surface area contributed by atoms with E-state index in [1.165, 1.54) is 24.3 Å². The number of halogens is 1. The Kier molecular flexibility index (Phi) is 6.84. The van der Waals surface area contributed by atoms with Crippen molar-refractivity contribution in [2.75, 3.05) is 11.9 Å². The van der Waals surface area contributed by atoms with Crippen molar-refractivity contribution in [3.63, 3.8) is 0 Å². The third-order valence-corrected chi connectivity index (χ3v) is 4.49. The highest BCUT2D eigenvalue weighted by Gasteiger charge is 2.25. The number of aliphatic carboxylic acids is 1. The lowest BCUT2D eigenvalue weighted by molar-refractivity contribution is -0.131. The number of carboxylic acid groups (broad SMARTS) is 1. The van der Waals surface area contributed by atoms with Gasteiger partial charge in [-0.15, -0.1) is 11.3 Å². The molecule has 0 aliphatic rings. The average molecular weight is 391 g/mol. The molecule has 2 aromatic rings. The number of hydrogen-bond donors (Lipinski definition) is 2. The molecule has 0 aliphatic heterocycles. The number of rotatable bonds is 7. The summed E-state index contributed by atoms with van der Waals surface area (Å²) >= 11 is 1.16. The SMILES string of the molecule is CCCOC(=O)c1c(NC(=O)/C=C\C(=O)O)sc(C)c1-c1ccc(F)cc1. The first-order valence-electron chi connectivity index (χ1n) is 8.12. The molecule has 2 rings (SSSR count). The highest BCUT2D eigenvalue weighted by molar-refractivity contribution is 7.17. The number of amides is 1. The number of carbonyl (C=O) groups excluding carboxylic acids is 2. The fourth-order valence-corrected chi connectivity index (χ4v) is 3.43. The van der Waals surface area contributed by atoms with Gasteiger partial charge >= 0.3 is 11.9 Å². The fourth-order valence-electron chi connectivity index (χ4n) is 2.36. The summed E-state index contributed by atoms with van der Waals surface area (Å²) in [5.74, 6) is -2.97. The molecule has 142 valence electrons. The second kappa shape index (κ2) is 9.09. The van der Waals surface area contributed by atoms with E-state index in [1.54, 1.807) is 6.92 Å². The molecular formula is C19H18FNO5S. The molecule has 0 atom stereocenters. The van der Waals surface area contributed by atoms with E-state index < -0.39 is 23.7 Å². The van der Waals surface area contributed by atoms with Crippen molar-refractivity contribution in [2.45, 2.75) is 20.3 Å². The average Bonchev–Trinajstić information content (AvgIpc) is 2.94. The van der Waals surface area contributed by atoms with E-state index in [0.717, 1.165) is 22.3 Å². The van der Waals surface area contributed by atoms with Gasteiger partial charge in [0.1, 0.15) is 16.4 Å². The van der Waals surface area contributed by atoms with Crippen LogP contribution in [0, 0.1) is 12.7 Å². The van der Waals surface area contributed by atoms with Crippen LogP contribution in [0.15, 0.2) is 36.4 Å². The molecule has 1 heterocycles. The normalized spacial score (nSPS) is 10.8. The quantitative estimate of drug-likeness (QED) is 0.550. The number of anilines is 1. The highest BCUT2D eigenvalue weighted by atomic mass is 32.1. The van der Waals surface area contributed by atoms with Gasteiger partial charge in [0.15, 0.2) is 0 Å². The van der Waals surface area contributed by atoms with E-state index in [2.05, 4.69) is 5.32 Å². The largest absolute Gasteiger partial charge is 0.478 e. The molecule has 1 aromatic carbocycles. The minimum Gasteiger partial charge on any atom is -0.478 e. The fraction of sp³-hybridized carbons (Fsp3) is 0.211. The van der Waals surface area contributed by atoms with Crippen LogP contribution in [0.4, 0.5) is 9.39 Å². The minimum atomic E-state index is -1.26. The van der Waals surface area contributed by atoms with Gasteiger partial charge in [-0.1, -0.05) is 19.1 Å². The minimum absolute atomic E-state index is 0.162. The summed E-state index contributed by atoms with van der Waals surface area (Å²) in [6.45, 7) is 3.83. The molecule has 6 nitrogen and oxygen atoms in total. The summed E-state index contributed by atoms with van der Waals surface area (Å²) < 4.78 is 18.5. The molecule has 0 bridgehead atoms. The van der Waals surface area contributed by atoms with Crippen molar-refractivity contribution in [2.24, 2.45) is 0 Å². The lowest BCUT2D eigenvalue weighted by atomic mass is 10.0. The van der Waals surface area contributed by atoms with E-state index in [4.69, 9.17) is 9.84 Å². The van der Waals surface area contributed by atoms with Crippen molar-refractivity contribution in [1.29, 1.82) is 0 Å². The summed E-state index contributed by atoms with van der Waals surface area (Å²) in [6.07, 6.45) is 2.19. The van der Waals surface area contributed by atoms with Crippen LogP contribution in [-0.2, 0) is 14.3 Å². The first-order valence-corrected chi connectivity index (χ1v) is 8.93. The molecule has 0 unspecified atom stereocenters. The van der Waals surface area contributed by atoms with Gasteiger partial charge < -0.3 is 15.2 Å². The summed E-state index contributed by atoms with van der Waals surface area (Å²) in [7, 11) is 0. The third-order valence-electron chi connectivity index (χ3n) is 3.47. The predicted molar refractivity (Wildman–Crippen MR) is 100 cm³/mol. The van der Waals surface area contributed by atoms with Crippen LogP contribution in [0.5, 0.6) is 0 Å². The van der Waals surface area contributed by atoms with Crippen molar-refractivity contribution in [3.8, 4) is 11.1 Å². The van der Waals surface area contributed by atoms with E-state index in [0.29, 0.717) is 23.6 Å². The number of carboxylic acids is 1. The number of ether oxygens (including phenoxy) is 1. The highest BCUT2D eigenvalue weighted by Crippen LogP contribution is 2.40. The smallest absolute Gasteiger partial charge is 0.341 e. The van der Waals surface area contributed by atoms with Crippen LogP contribution in [0.25, 0.3) is 11.1 Å². The summed E-state index contributed by atoms with van der Waals surface area (Å²) in [6, 6.07) is 5.64. The number of hydrogen-bond acceptors (Lipinski definition) is 5. The zero-order chi connectivity index (χ0) is 20.0. The molecule has 0 saturated heterocycles. The van der Waals surface area contributed by atoms with Gasteiger partial charge in [-0.2, -0.15) is 0 Å². The molecule has 0 fully saturated rings. The maximum atomic E-state index is 13.3. The second-order valence-corrected chi connectivity index (χ2v) is 6.77. The maximum Gasteiger partial charge on any atom is 0.341 e. The van der Waals surface area contributed by atoms with Crippen molar-refractivity contribution in [3.05, 3.63) is 52.7 Å². The Morgan fingerprint density at radius 2 is 1.89 bits per heavy atom. The van der Waals surface area contributed by atoms with Crippen LogP contribution in [-0.4, -0.2) is 29.6 Å². The number of benzene rings is 1.